The number of hydrogen-bond acceptors (Lipinski definition) is 2. The van der Waals surface area contributed by atoms with E-state index in [1.54, 1.807) is 0 Å². The number of rotatable bonds is 3. The number of nitrogens with two attached hydrogens (primary N) is 1. The van der Waals surface area contributed by atoms with Crippen molar-refractivity contribution in [1.82, 2.24) is 5.43 Å². The molecule has 2 heteroatoms. The highest BCUT2D eigenvalue weighted by Gasteiger charge is 2.36. The zero-order valence-corrected chi connectivity index (χ0v) is 10.4. The van der Waals surface area contributed by atoms with Crippen LogP contribution in [0.4, 0.5) is 0 Å². The minimum absolute atomic E-state index is 0.491. The Hall–Kier alpha value is -0.860. The second-order valence-corrected chi connectivity index (χ2v) is 5.60. The predicted octanol–water partition coefficient (Wildman–Crippen LogP) is 2.74. The monoisotopic (exact) mass is 230 g/mol. The molecule has 0 heterocycles. The van der Waals surface area contributed by atoms with E-state index in [4.69, 9.17) is 5.84 Å². The van der Waals surface area contributed by atoms with Crippen LogP contribution in [-0.4, -0.2) is 6.04 Å². The van der Waals surface area contributed by atoms with Gasteiger partial charge in [-0.1, -0.05) is 43.5 Å². The molecule has 2 nitrogen and oxygen atoms in total. The van der Waals surface area contributed by atoms with E-state index in [1.807, 2.05) is 0 Å². The van der Waals surface area contributed by atoms with Crippen LogP contribution in [0.3, 0.4) is 0 Å². The first-order chi connectivity index (χ1) is 8.40. The molecule has 2 aliphatic rings. The molecule has 0 amide bonds. The summed E-state index contributed by atoms with van der Waals surface area (Å²) < 4.78 is 0. The third-order valence-electron chi connectivity index (χ3n) is 4.68. The molecule has 2 atom stereocenters. The molecule has 3 rings (SSSR count). The van der Waals surface area contributed by atoms with Crippen molar-refractivity contribution in [3.63, 3.8) is 0 Å². The van der Waals surface area contributed by atoms with Crippen LogP contribution in [0.1, 0.15) is 49.1 Å². The minimum Gasteiger partial charge on any atom is -0.271 e. The summed E-state index contributed by atoms with van der Waals surface area (Å²) >= 11 is 0. The maximum Gasteiger partial charge on any atom is 0.0310 e. The standard InChI is InChI=1S/C15H22N2/c16-17-15(11-6-2-1-3-7-11)14-10-12-8-4-5-9-13(12)14/h4-5,8-9,11,14-15,17H,1-3,6-7,10,16H2. The van der Waals surface area contributed by atoms with Crippen molar-refractivity contribution in [2.45, 2.75) is 50.5 Å². The van der Waals surface area contributed by atoms with E-state index in [0.29, 0.717) is 12.0 Å². The molecule has 2 aliphatic carbocycles. The van der Waals surface area contributed by atoms with Crippen LogP contribution < -0.4 is 11.3 Å². The first kappa shape index (κ1) is 11.2. The summed E-state index contributed by atoms with van der Waals surface area (Å²) in [5.41, 5.74) is 6.17. The molecule has 2 unspecified atom stereocenters. The highest BCUT2D eigenvalue weighted by atomic mass is 15.2. The number of nitrogens with one attached hydrogen (secondary N) is 1. The van der Waals surface area contributed by atoms with Crippen molar-refractivity contribution in [3.8, 4) is 0 Å². The van der Waals surface area contributed by atoms with Gasteiger partial charge in [0.25, 0.3) is 0 Å². The van der Waals surface area contributed by atoms with Gasteiger partial charge in [-0.25, -0.2) is 0 Å². The van der Waals surface area contributed by atoms with Crippen LogP contribution in [0.15, 0.2) is 24.3 Å². The van der Waals surface area contributed by atoms with Crippen molar-refractivity contribution in [1.29, 1.82) is 0 Å². The van der Waals surface area contributed by atoms with E-state index in [0.717, 1.165) is 5.92 Å². The largest absolute Gasteiger partial charge is 0.271 e. The normalized spacial score (nSPS) is 26.1. The molecule has 0 radical (unpaired) electrons. The summed E-state index contributed by atoms with van der Waals surface area (Å²) in [6.45, 7) is 0. The van der Waals surface area contributed by atoms with Gasteiger partial charge >= 0.3 is 0 Å². The van der Waals surface area contributed by atoms with E-state index in [-0.39, 0.29) is 0 Å². The van der Waals surface area contributed by atoms with Crippen molar-refractivity contribution in [2.75, 3.05) is 0 Å². The van der Waals surface area contributed by atoms with E-state index < -0.39 is 0 Å². The van der Waals surface area contributed by atoms with E-state index >= 15 is 0 Å². The van der Waals surface area contributed by atoms with E-state index in [2.05, 4.69) is 29.7 Å². The first-order valence-corrected chi connectivity index (χ1v) is 6.94. The van der Waals surface area contributed by atoms with Crippen LogP contribution in [-0.2, 0) is 6.42 Å². The fraction of sp³-hybridized carbons (Fsp3) is 0.600. The molecule has 1 fully saturated rings. The summed E-state index contributed by atoms with van der Waals surface area (Å²) in [6.07, 6.45) is 8.10. The zero-order valence-electron chi connectivity index (χ0n) is 10.4. The molecule has 1 aromatic rings. The summed E-state index contributed by atoms with van der Waals surface area (Å²) in [4.78, 5) is 0. The number of hydrazine groups is 1. The summed E-state index contributed by atoms with van der Waals surface area (Å²) in [6, 6.07) is 9.31. The minimum atomic E-state index is 0.491. The topological polar surface area (TPSA) is 38.0 Å². The Morgan fingerprint density at radius 3 is 2.59 bits per heavy atom. The maximum atomic E-state index is 5.82. The quantitative estimate of drug-likeness (QED) is 0.619. The van der Waals surface area contributed by atoms with Gasteiger partial charge in [0.15, 0.2) is 0 Å². The maximum absolute atomic E-state index is 5.82. The van der Waals surface area contributed by atoms with Crippen molar-refractivity contribution in [2.24, 2.45) is 11.8 Å². The predicted molar refractivity (Wildman–Crippen MR) is 70.6 cm³/mol. The van der Waals surface area contributed by atoms with Gasteiger partial charge in [0.1, 0.15) is 0 Å². The van der Waals surface area contributed by atoms with Crippen LogP contribution >= 0.6 is 0 Å². The van der Waals surface area contributed by atoms with Gasteiger partial charge in [0.05, 0.1) is 0 Å². The average Bonchev–Trinajstić information content (AvgIpc) is 2.37. The van der Waals surface area contributed by atoms with Crippen LogP contribution in [0.2, 0.25) is 0 Å². The molecule has 1 aromatic carbocycles. The molecule has 92 valence electrons. The van der Waals surface area contributed by atoms with Gasteiger partial charge in [-0.3, -0.25) is 11.3 Å². The Morgan fingerprint density at radius 1 is 1.12 bits per heavy atom. The highest BCUT2D eigenvalue weighted by molar-refractivity contribution is 5.41. The van der Waals surface area contributed by atoms with Gasteiger partial charge in [0.2, 0.25) is 0 Å². The van der Waals surface area contributed by atoms with Crippen LogP contribution in [0.5, 0.6) is 0 Å². The number of benzene rings is 1. The Morgan fingerprint density at radius 2 is 1.88 bits per heavy atom. The van der Waals surface area contributed by atoms with Crippen LogP contribution in [0, 0.1) is 5.92 Å². The molecule has 0 bridgehead atoms. The number of fused-ring (bicyclic) bond motifs is 1. The molecular weight excluding hydrogens is 208 g/mol. The number of hydrogen-bond donors (Lipinski definition) is 2. The lowest BCUT2D eigenvalue weighted by molar-refractivity contribution is 0.229. The van der Waals surface area contributed by atoms with Gasteiger partial charge in [0, 0.05) is 12.0 Å². The van der Waals surface area contributed by atoms with Crippen molar-refractivity contribution < 1.29 is 0 Å². The summed E-state index contributed by atoms with van der Waals surface area (Å²) in [7, 11) is 0. The first-order valence-electron chi connectivity index (χ1n) is 6.94. The van der Waals surface area contributed by atoms with E-state index in [9.17, 15) is 0 Å². The molecule has 17 heavy (non-hydrogen) atoms. The zero-order chi connectivity index (χ0) is 11.7. The third kappa shape index (κ3) is 2.00. The molecule has 3 N–H and O–H groups in total. The lowest BCUT2D eigenvalue weighted by atomic mass is 9.68. The molecule has 0 aliphatic heterocycles. The Bertz CT molecular complexity index is 382. The van der Waals surface area contributed by atoms with Gasteiger partial charge in [-0.2, -0.15) is 0 Å². The average molecular weight is 230 g/mol. The van der Waals surface area contributed by atoms with Gasteiger partial charge in [-0.05, 0) is 36.3 Å². The Labute approximate surface area is 104 Å². The Kier molecular flexibility index (Phi) is 3.17. The summed E-state index contributed by atoms with van der Waals surface area (Å²) in [5.74, 6) is 7.26. The summed E-state index contributed by atoms with van der Waals surface area (Å²) in [5, 5.41) is 0. The van der Waals surface area contributed by atoms with Gasteiger partial charge in [-0.15, -0.1) is 0 Å². The molecular formula is C15H22N2. The van der Waals surface area contributed by atoms with E-state index in [1.165, 1.54) is 49.7 Å². The highest BCUT2D eigenvalue weighted by Crippen LogP contribution is 2.42. The molecule has 0 spiro atoms. The van der Waals surface area contributed by atoms with Crippen molar-refractivity contribution in [3.05, 3.63) is 35.4 Å². The fourth-order valence-electron chi connectivity index (χ4n) is 3.69. The fourth-order valence-corrected chi connectivity index (χ4v) is 3.69. The van der Waals surface area contributed by atoms with Crippen molar-refractivity contribution >= 4 is 0 Å². The second-order valence-electron chi connectivity index (χ2n) is 5.60. The molecule has 1 saturated carbocycles. The third-order valence-corrected chi connectivity index (χ3v) is 4.68. The smallest absolute Gasteiger partial charge is 0.0310 e. The lowest BCUT2D eigenvalue weighted by Gasteiger charge is -2.41. The molecule has 0 saturated heterocycles. The second kappa shape index (κ2) is 4.79. The van der Waals surface area contributed by atoms with Crippen LogP contribution in [0.25, 0.3) is 0 Å². The Balaban J connectivity index is 1.74. The SMILES string of the molecule is NNC(C1CCCCC1)C1Cc2ccccc21. The lowest BCUT2D eigenvalue weighted by Crippen LogP contribution is -2.48. The van der Waals surface area contributed by atoms with Gasteiger partial charge < -0.3 is 0 Å². The molecule has 0 aromatic heterocycles.